The SMILES string of the molecule is O=[N+]([O-])c1cc(S(=O)(=O)Nc2ccccc2)ccc1N/N=C/c1ccc(O)cc1. The molecule has 148 valence electrons. The van der Waals surface area contributed by atoms with E-state index in [9.17, 15) is 23.6 Å². The quantitative estimate of drug-likeness (QED) is 0.309. The van der Waals surface area contributed by atoms with Crippen molar-refractivity contribution < 1.29 is 18.4 Å². The minimum atomic E-state index is -4.00. The zero-order valence-corrected chi connectivity index (χ0v) is 15.7. The number of nitro groups is 1. The number of hydrazone groups is 1. The van der Waals surface area contributed by atoms with Crippen molar-refractivity contribution in [2.75, 3.05) is 10.1 Å². The standard InChI is InChI=1S/C19H16N4O5S/c24-16-8-6-14(7-9-16)13-20-21-18-11-10-17(12-19(18)23(25)26)29(27,28)22-15-4-2-1-3-5-15/h1-13,21-22,24H/b20-13+. The van der Waals surface area contributed by atoms with Crippen LogP contribution in [0.25, 0.3) is 0 Å². The van der Waals surface area contributed by atoms with E-state index in [-0.39, 0.29) is 16.3 Å². The summed E-state index contributed by atoms with van der Waals surface area (Å²) in [5, 5.41) is 24.6. The van der Waals surface area contributed by atoms with Crippen LogP contribution in [0.1, 0.15) is 5.56 Å². The lowest BCUT2D eigenvalue weighted by Crippen LogP contribution is -2.13. The van der Waals surface area contributed by atoms with E-state index in [1.807, 2.05) is 0 Å². The fourth-order valence-corrected chi connectivity index (χ4v) is 3.46. The molecule has 0 atom stereocenters. The first-order chi connectivity index (χ1) is 13.8. The second-order valence-electron chi connectivity index (χ2n) is 5.87. The van der Waals surface area contributed by atoms with Crippen molar-refractivity contribution in [2.45, 2.75) is 4.90 Å². The molecule has 3 rings (SSSR count). The molecule has 0 aliphatic heterocycles. The Balaban J connectivity index is 1.83. The number of nitrogens with one attached hydrogen (secondary N) is 2. The summed E-state index contributed by atoms with van der Waals surface area (Å²) in [7, 11) is -4.00. The number of nitro benzene ring substituents is 1. The van der Waals surface area contributed by atoms with Gasteiger partial charge >= 0.3 is 0 Å². The zero-order chi connectivity index (χ0) is 20.9. The Hall–Kier alpha value is -3.92. The molecule has 0 unspecified atom stereocenters. The number of anilines is 2. The smallest absolute Gasteiger partial charge is 0.295 e. The fourth-order valence-electron chi connectivity index (χ4n) is 2.38. The van der Waals surface area contributed by atoms with E-state index >= 15 is 0 Å². The first kappa shape index (κ1) is 19.8. The van der Waals surface area contributed by atoms with Crippen LogP contribution in [0.3, 0.4) is 0 Å². The van der Waals surface area contributed by atoms with Crippen molar-refractivity contribution in [3.8, 4) is 5.75 Å². The van der Waals surface area contributed by atoms with E-state index in [0.717, 1.165) is 6.07 Å². The van der Waals surface area contributed by atoms with Crippen molar-refractivity contribution in [3.63, 3.8) is 0 Å². The fraction of sp³-hybridized carbons (Fsp3) is 0. The van der Waals surface area contributed by atoms with Gasteiger partial charge in [0.2, 0.25) is 0 Å². The van der Waals surface area contributed by atoms with Crippen LogP contribution in [0.4, 0.5) is 17.1 Å². The molecule has 9 nitrogen and oxygen atoms in total. The van der Waals surface area contributed by atoms with Crippen LogP contribution in [0.2, 0.25) is 0 Å². The highest BCUT2D eigenvalue weighted by molar-refractivity contribution is 7.92. The lowest BCUT2D eigenvalue weighted by molar-refractivity contribution is -0.384. The third-order valence-corrected chi connectivity index (χ3v) is 5.17. The average molecular weight is 412 g/mol. The van der Waals surface area contributed by atoms with Gasteiger partial charge in [0.1, 0.15) is 11.4 Å². The lowest BCUT2D eigenvalue weighted by atomic mass is 10.2. The third kappa shape index (κ3) is 5.08. The molecule has 0 bridgehead atoms. The molecule has 0 fully saturated rings. The number of hydrogen-bond donors (Lipinski definition) is 3. The molecule has 0 spiro atoms. The number of sulfonamides is 1. The predicted molar refractivity (Wildman–Crippen MR) is 110 cm³/mol. The Morgan fingerprint density at radius 2 is 1.69 bits per heavy atom. The monoisotopic (exact) mass is 412 g/mol. The number of aromatic hydroxyl groups is 1. The molecule has 0 heterocycles. The predicted octanol–water partition coefficient (Wildman–Crippen LogP) is 3.55. The van der Waals surface area contributed by atoms with E-state index < -0.39 is 20.6 Å². The van der Waals surface area contributed by atoms with E-state index in [1.165, 1.54) is 30.5 Å². The van der Waals surface area contributed by atoms with Gasteiger partial charge in [0.05, 0.1) is 16.0 Å². The number of phenols is 1. The van der Waals surface area contributed by atoms with E-state index in [0.29, 0.717) is 11.3 Å². The van der Waals surface area contributed by atoms with Crippen LogP contribution in [0.15, 0.2) is 82.8 Å². The van der Waals surface area contributed by atoms with Crippen LogP contribution < -0.4 is 10.1 Å². The molecule has 0 aliphatic rings. The second-order valence-corrected chi connectivity index (χ2v) is 7.55. The number of nitrogens with zero attached hydrogens (tertiary/aromatic N) is 2. The maximum Gasteiger partial charge on any atom is 0.295 e. The molecule has 0 amide bonds. The van der Waals surface area contributed by atoms with E-state index in [1.54, 1.807) is 42.5 Å². The van der Waals surface area contributed by atoms with E-state index in [4.69, 9.17) is 0 Å². The molecule has 29 heavy (non-hydrogen) atoms. The van der Waals surface area contributed by atoms with Crippen LogP contribution in [-0.4, -0.2) is 24.7 Å². The highest BCUT2D eigenvalue weighted by Crippen LogP contribution is 2.28. The summed E-state index contributed by atoms with van der Waals surface area (Å²) in [4.78, 5) is 10.5. The molecular weight excluding hydrogens is 396 g/mol. The summed E-state index contributed by atoms with van der Waals surface area (Å²) in [5.74, 6) is 0.103. The number of para-hydroxylation sites is 1. The number of benzene rings is 3. The Morgan fingerprint density at radius 3 is 2.34 bits per heavy atom. The maximum absolute atomic E-state index is 12.5. The molecule has 3 aromatic carbocycles. The van der Waals surface area contributed by atoms with Crippen molar-refractivity contribution in [3.05, 3.63) is 88.5 Å². The highest BCUT2D eigenvalue weighted by Gasteiger charge is 2.21. The van der Waals surface area contributed by atoms with Crippen LogP contribution in [0.5, 0.6) is 5.75 Å². The van der Waals surface area contributed by atoms with Gasteiger partial charge in [-0.05, 0) is 54.1 Å². The molecule has 0 aromatic heterocycles. The van der Waals surface area contributed by atoms with Crippen molar-refractivity contribution >= 4 is 33.3 Å². The number of hydrogen-bond acceptors (Lipinski definition) is 7. The summed E-state index contributed by atoms with van der Waals surface area (Å²) in [6, 6.07) is 17.9. The third-order valence-electron chi connectivity index (χ3n) is 3.79. The molecular formula is C19H16N4O5S. The van der Waals surface area contributed by atoms with Gasteiger partial charge in [-0.3, -0.25) is 20.3 Å². The Bertz CT molecular complexity index is 1150. The summed E-state index contributed by atoms with van der Waals surface area (Å²) in [5.41, 5.74) is 3.13. The zero-order valence-electron chi connectivity index (χ0n) is 14.9. The number of rotatable bonds is 7. The summed E-state index contributed by atoms with van der Waals surface area (Å²) < 4.78 is 27.4. The van der Waals surface area contributed by atoms with Crippen molar-refractivity contribution in [2.24, 2.45) is 5.10 Å². The Morgan fingerprint density at radius 1 is 1.00 bits per heavy atom. The maximum atomic E-state index is 12.5. The van der Waals surface area contributed by atoms with Crippen LogP contribution in [-0.2, 0) is 10.0 Å². The van der Waals surface area contributed by atoms with Crippen LogP contribution in [0, 0.1) is 10.1 Å². The number of phenolic OH excluding ortho intramolecular Hbond substituents is 1. The van der Waals surface area contributed by atoms with E-state index in [2.05, 4.69) is 15.2 Å². The van der Waals surface area contributed by atoms with Gasteiger partial charge in [-0.1, -0.05) is 18.2 Å². The first-order valence-electron chi connectivity index (χ1n) is 8.29. The van der Waals surface area contributed by atoms with Gasteiger partial charge in [-0.25, -0.2) is 8.42 Å². The Kier molecular flexibility index (Phi) is 5.74. The minimum Gasteiger partial charge on any atom is -0.508 e. The molecule has 0 radical (unpaired) electrons. The van der Waals surface area contributed by atoms with Gasteiger partial charge < -0.3 is 5.11 Å². The van der Waals surface area contributed by atoms with Crippen molar-refractivity contribution in [1.82, 2.24) is 0 Å². The average Bonchev–Trinajstić information content (AvgIpc) is 2.70. The van der Waals surface area contributed by atoms with Gasteiger partial charge in [-0.15, -0.1) is 0 Å². The topological polar surface area (TPSA) is 134 Å². The largest absolute Gasteiger partial charge is 0.508 e. The van der Waals surface area contributed by atoms with Crippen LogP contribution >= 0.6 is 0 Å². The van der Waals surface area contributed by atoms with Gasteiger partial charge in [0.15, 0.2) is 0 Å². The summed E-state index contributed by atoms with van der Waals surface area (Å²) >= 11 is 0. The molecule has 0 saturated carbocycles. The molecule has 0 aliphatic carbocycles. The highest BCUT2D eigenvalue weighted by atomic mass is 32.2. The van der Waals surface area contributed by atoms with Gasteiger partial charge in [0, 0.05) is 11.8 Å². The van der Waals surface area contributed by atoms with Gasteiger partial charge in [0.25, 0.3) is 15.7 Å². The summed E-state index contributed by atoms with van der Waals surface area (Å²) in [6.07, 6.45) is 1.41. The van der Waals surface area contributed by atoms with Crippen molar-refractivity contribution in [1.29, 1.82) is 0 Å². The summed E-state index contributed by atoms with van der Waals surface area (Å²) in [6.45, 7) is 0. The normalized spacial score (nSPS) is 11.3. The Labute approximate surface area is 166 Å². The molecule has 3 aromatic rings. The molecule has 10 heteroatoms. The second kappa shape index (κ2) is 8.40. The lowest BCUT2D eigenvalue weighted by Gasteiger charge is -2.09. The minimum absolute atomic E-state index is 0.0312. The van der Waals surface area contributed by atoms with Gasteiger partial charge in [-0.2, -0.15) is 5.10 Å². The molecule has 0 saturated heterocycles. The first-order valence-corrected chi connectivity index (χ1v) is 9.78. The molecule has 3 N–H and O–H groups in total.